The monoisotopic (exact) mass is 314 g/mol. The molecule has 0 aliphatic rings. The van der Waals surface area contributed by atoms with Crippen LogP contribution in [0.3, 0.4) is 0 Å². The van der Waals surface area contributed by atoms with Crippen LogP contribution < -0.4 is 0 Å². The van der Waals surface area contributed by atoms with Crippen molar-refractivity contribution in [2.45, 2.75) is 18.9 Å². The van der Waals surface area contributed by atoms with Crippen LogP contribution in [0.4, 0.5) is 0 Å². The molecule has 100 valence electrons. The van der Waals surface area contributed by atoms with Gasteiger partial charge in [0.2, 0.25) is 0 Å². The van der Waals surface area contributed by atoms with Gasteiger partial charge in [-0.3, -0.25) is 0 Å². The summed E-state index contributed by atoms with van der Waals surface area (Å²) in [6, 6.07) is 12.7. The lowest BCUT2D eigenvalue weighted by molar-refractivity contribution is 0.175. The van der Waals surface area contributed by atoms with Gasteiger partial charge in [-0.25, -0.2) is 0 Å². The fraction of sp³-hybridized carbons (Fsp3) is 0.200. The summed E-state index contributed by atoms with van der Waals surface area (Å²) < 4.78 is 0. The summed E-state index contributed by atoms with van der Waals surface area (Å²) in [5.41, 5.74) is 1.89. The Hall–Kier alpha value is -0.730. The van der Waals surface area contributed by atoms with E-state index in [-0.39, 0.29) is 0 Å². The normalized spacial score (nSPS) is 12.4. The maximum atomic E-state index is 10.1. The number of aliphatic hydroxyl groups is 1. The van der Waals surface area contributed by atoms with Crippen molar-refractivity contribution in [1.82, 2.24) is 0 Å². The van der Waals surface area contributed by atoms with Gasteiger partial charge in [0.25, 0.3) is 0 Å². The Balaban J connectivity index is 2.02. The molecule has 1 unspecified atom stereocenters. The predicted molar refractivity (Wildman–Crippen MR) is 81.3 cm³/mol. The lowest BCUT2D eigenvalue weighted by Gasteiger charge is -2.12. The number of rotatable bonds is 4. The van der Waals surface area contributed by atoms with Gasteiger partial charge in [0.1, 0.15) is 0 Å². The van der Waals surface area contributed by atoms with Crippen molar-refractivity contribution in [3.63, 3.8) is 0 Å². The molecule has 2 aromatic carbocycles. The van der Waals surface area contributed by atoms with Crippen LogP contribution >= 0.6 is 34.8 Å². The zero-order valence-corrected chi connectivity index (χ0v) is 12.4. The molecular formula is C15H13Cl3O. The average Bonchev–Trinajstić information content (AvgIpc) is 2.37. The average molecular weight is 316 g/mol. The molecule has 2 aromatic rings. The zero-order chi connectivity index (χ0) is 13.8. The molecule has 0 aliphatic heterocycles. The van der Waals surface area contributed by atoms with Gasteiger partial charge in [0.15, 0.2) is 0 Å². The summed E-state index contributed by atoms with van der Waals surface area (Å²) in [5, 5.41) is 12.0. The number of hydrogen-bond acceptors (Lipinski definition) is 1. The van der Waals surface area contributed by atoms with Crippen LogP contribution in [0.15, 0.2) is 42.5 Å². The first-order chi connectivity index (χ1) is 9.04. The highest BCUT2D eigenvalue weighted by molar-refractivity contribution is 6.33. The lowest BCUT2D eigenvalue weighted by Crippen LogP contribution is -2.14. The summed E-state index contributed by atoms with van der Waals surface area (Å²) in [6.07, 6.45) is 0.527. The zero-order valence-electron chi connectivity index (χ0n) is 10.1. The minimum Gasteiger partial charge on any atom is -0.392 e. The Morgan fingerprint density at radius 3 is 2.16 bits per heavy atom. The second-order valence-corrected chi connectivity index (χ2v) is 5.70. The third-order valence-corrected chi connectivity index (χ3v) is 3.70. The van der Waals surface area contributed by atoms with E-state index in [9.17, 15) is 5.11 Å². The molecule has 0 aliphatic carbocycles. The van der Waals surface area contributed by atoms with Gasteiger partial charge >= 0.3 is 0 Å². The van der Waals surface area contributed by atoms with Gasteiger partial charge in [-0.15, -0.1) is 0 Å². The Bertz CT molecular complexity index is 552. The highest BCUT2D eigenvalue weighted by Gasteiger charge is 2.10. The van der Waals surface area contributed by atoms with Crippen molar-refractivity contribution in [2.75, 3.05) is 0 Å². The fourth-order valence-corrected chi connectivity index (χ4v) is 2.43. The molecule has 1 atom stereocenters. The third-order valence-electron chi connectivity index (χ3n) is 2.85. The van der Waals surface area contributed by atoms with E-state index >= 15 is 0 Å². The van der Waals surface area contributed by atoms with Crippen molar-refractivity contribution in [3.8, 4) is 0 Å². The van der Waals surface area contributed by atoms with Crippen molar-refractivity contribution >= 4 is 34.8 Å². The molecule has 0 radical (unpaired) electrons. The highest BCUT2D eigenvalue weighted by atomic mass is 35.5. The maximum absolute atomic E-state index is 10.1. The minimum absolute atomic E-state index is 0.474. The van der Waals surface area contributed by atoms with E-state index < -0.39 is 6.10 Å². The molecule has 0 amide bonds. The van der Waals surface area contributed by atoms with Gasteiger partial charge in [0, 0.05) is 21.5 Å². The highest BCUT2D eigenvalue weighted by Crippen LogP contribution is 2.22. The number of halogens is 3. The van der Waals surface area contributed by atoms with Crippen LogP contribution in [0.1, 0.15) is 11.1 Å². The van der Waals surface area contributed by atoms with Crippen LogP contribution in [0.25, 0.3) is 0 Å². The smallest absolute Gasteiger partial charge is 0.0621 e. The SMILES string of the molecule is OC(Cc1ccc(Cl)cc1)Cc1cc(Cl)ccc1Cl. The molecule has 1 N–H and O–H groups in total. The first-order valence-electron chi connectivity index (χ1n) is 5.91. The van der Waals surface area contributed by atoms with E-state index in [2.05, 4.69) is 0 Å². The largest absolute Gasteiger partial charge is 0.392 e. The van der Waals surface area contributed by atoms with Crippen LogP contribution in [-0.2, 0) is 12.8 Å². The molecule has 0 saturated carbocycles. The Kier molecular flexibility index (Phi) is 5.12. The van der Waals surface area contributed by atoms with Crippen LogP contribution in [0, 0.1) is 0 Å². The van der Waals surface area contributed by atoms with Crippen molar-refractivity contribution in [1.29, 1.82) is 0 Å². The molecule has 2 rings (SSSR count). The number of hydrogen-bond donors (Lipinski definition) is 1. The quantitative estimate of drug-likeness (QED) is 0.860. The maximum Gasteiger partial charge on any atom is 0.0621 e. The lowest BCUT2D eigenvalue weighted by atomic mass is 10.0. The summed E-state index contributed by atoms with van der Waals surface area (Å²) in [6.45, 7) is 0. The standard InChI is InChI=1S/C15H13Cl3O/c16-12-3-1-10(2-4-12)7-14(19)9-11-8-13(17)5-6-15(11)18/h1-6,8,14,19H,7,9H2. The Morgan fingerprint density at radius 1 is 0.842 bits per heavy atom. The molecular weight excluding hydrogens is 303 g/mol. The van der Waals surface area contributed by atoms with Gasteiger partial charge < -0.3 is 5.11 Å². The van der Waals surface area contributed by atoms with Crippen LogP contribution in [0.5, 0.6) is 0 Å². The van der Waals surface area contributed by atoms with Crippen molar-refractivity contribution in [2.24, 2.45) is 0 Å². The second kappa shape index (κ2) is 6.62. The van der Waals surface area contributed by atoms with Crippen LogP contribution in [0.2, 0.25) is 15.1 Å². The van der Waals surface area contributed by atoms with E-state index in [1.807, 2.05) is 24.3 Å². The van der Waals surface area contributed by atoms with E-state index in [1.165, 1.54) is 0 Å². The van der Waals surface area contributed by atoms with Crippen molar-refractivity contribution in [3.05, 3.63) is 68.7 Å². The van der Waals surface area contributed by atoms with E-state index in [0.717, 1.165) is 11.1 Å². The molecule has 19 heavy (non-hydrogen) atoms. The van der Waals surface area contributed by atoms with E-state index in [4.69, 9.17) is 34.8 Å². The van der Waals surface area contributed by atoms with Crippen molar-refractivity contribution < 1.29 is 5.11 Å². The first kappa shape index (κ1) is 14.7. The summed E-state index contributed by atoms with van der Waals surface area (Å²) in [5.74, 6) is 0. The summed E-state index contributed by atoms with van der Waals surface area (Å²) in [7, 11) is 0. The minimum atomic E-state index is -0.503. The van der Waals surface area contributed by atoms with Gasteiger partial charge in [0.05, 0.1) is 6.10 Å². The fourth-order valence-electron chi connectivity index (χ4n) is 1.92. The van der Waals surface area contributed by atoms with E-state index in [0.29, 0.717) is 27.9 Å². The first-order valence-corrected chi connectivity index (χ1v) is 7.04. The summed E-state index contributed by atoms with van der Waals surface area (Å²) >= 11 is 17.8. The van der Waals surface area contributed by atoms with E-state index in [1.54, 1.807) is 18.2 Å². The molecule has 0 spiro atoms. The Labute approximate surface area is 127 Å². The molecule has 0 bridgehead atoms. The topological polar surface area (TPSA) is 20.2 Å². The molecule has 0 fully saturated rings. The number of benzene rings is 2. The molecule has 0 aromatic heterocycles. The third kappa shape index (κ3) is 4.39. The van der Waals surface area contributed by atoms with Gasteiger partial charge in [-0.1, -0.05) is 46.9 Å². The molecule has 1 nitrogen and oxygen atoms in total. The second-order valence-electron chi connectivity index (χ2n) is 4.42. The number of aliphatic hydroxyl groups excluding tert-OH is 1. The molecule has 0 saturated heterocycles. The molecule has 0 heterocycles. The van der Waals surface area contributed by atoms with Gasteiger partial charge in [-0.2, -0.15) is 0 Å². The van der Waals surface area contributed by atoms with Gasteiger partial charge in [-0.05, 0) is 47.9 Å². The Morgan fingerprint density at radius 2 is 1.47 bits per heavy atom. The predicted octanol–water partition coefficient (Wildman–Crippen LogP) is 4.79. The summed E-state index contributed by atoms with van der Waals surface area (Å²) in [4.78, 5) is 0. The van der Waals surface area contributed by atoms with Crippen LogP contribution in [-0.4, -0.2) is 11.2 Å². The molecule has 4 heteroatoms.